The van der Waals surface area contributed by atoms with Crippen molar-refractivity contribution in [3.63, 3.8) is 0 Å². The van der Waals surface area contributed by atoms with Crippen molar-refractivity contribution in [2.75, 3.05) is 62.6 Å². The lowest BCUT2D eigenvalue weighted by Gasteiger charge is -2.59. The Bertz CT molecular complexity index is 2900. The molecule has 0 bridgehead atoms. The highest BCUT2D eigenvalue weighted by Crippen LogP contribution is 2.48. The van der Waals surface area contributed by atoms with Gasteiger partial charge in [-0.15, -0.1) is 0 Å². The average molecular weight is 979 g/mol. The maximum Gasteiger partial charge on any atom is 0.297 e. The number of halogens is 1. The number of aliphatic hydroxyl groups is 1. The number of hydrogen-bond donors (Lipinski definition) is 4. The van der Waals surface area contributed by atoms with Crippen LogP contribution in [0.1, 0.15) is 106 Å². The number of nitrogens with one attached hydrogen (secondary N) is 3. The van der Waals surface area contributed by atoms with Gasteiger partial charge < -0.3 is 34.7 Å². The normalized spacial score (nSPS) is 24.9. The van der Waals surface area contributed by atoms with E-state index in [4.69, 9.17) is 9.47 Å². The average Bonchev–Trinajstić information content (AvgIpc) is 3.71. The third-order valence-corrected chi connectivity index (χ3v) is 17.3. The molecule has 4 N–H and O–H groups in total. The first-order chi connectivity index (χ1) is 33.5. The van der Waals surface area contributed by atoms with Crippen LogP contribution in [0.4, 0.5) is 21.5 Å². The number of aromatic nitrogens is 2. The second-order valence-corrected chi connectivity index (χ2v) is 22.6. The molecule has 5 aromatic rings. The summed E-state index contributed by atoms with van der Waals surface area (Å²) in [5.41, 5.74) is 2.84. The Morgan fingerprint density at radius 3 is 2.54 bits per heavy atom. The Morgan fingerprint density at radius 1 is 1.06 bits per heavy atom. The molecule has 4 aliphatic heterocycles. The summed E-state index contributed by atoms with van der Waals surface area (Å²) in [5.74, 6) is -0.481. The maximum absolute atomic E-state index is 14.7. The Kier molecular flexibility index (Phi) is 12.8. The number of piperidine rings is 2. The van der Waals surface area contributed by atoms with Crippen molar-refractivity contribution in [1.82, 2.24) is 24.5 Å². The van der Waals surface area contributed by atoms with Crippen molar-refractivity contribution in [1.29, 1.82) is 0 Å². The van der Waals surface area contributed by atoms with Crippen molar-refractivity contribution in [3.05, 3.63) is 106 Å². The summed E-state index contributed by atoms with van der Waals surface area (Å²) >= 11 is 0. The molecule has 4 fully saturated rings. The lowest BCUT2D eigenvalue weighted by Crippen LogP contribution is -2.65. The Hall–Kier alpha value is -5.82. The van der Waals surface area contributed by atoms with Crippen LogP contribution in [0.15, 0.2) is 78.0 Å². The fraction of sp³-hybridized carbons (Fsp3) is 0.500. The number of hydrogen-bond acceptors (Lipinski definition) is 13. The van der Waals surface area contributed by atoms with E-state index in [0.29, 0.717) is 49.2 Å². The maximum atomic E-state index is 14.7. The number of nitro benzene ring substituents is 1. The van der Waals surface area contributed by atoms with Gasteiger partial charge in [-0.05, 0) is 112 Å². The number of nitrogens with zero attached hydrogens (tertiary/aromatic N) is 5. The first kappa shape index (κ1) is 47.8. The molecule has 3 aromatic carbocycles. The number of H-pyrrole nitrogens is 1. The van der Waals surface area contributed by atoms with E-state index in [1.807, 2.05) is 0 Å². The molecule has 5 aliphatic rings. The first-order valence-electron chi connectivity index (χ1n) is 24.7. The third kappa shape index (κ3) is 9.42. The molecule has 16 nitrogen and oxygen atoms in total. The van der Waals surface area contributed by atoms with Crippen molar-refractivity contribution in [2.45, 2.75) is 107 Å². The van der Waals surface area contributed by atoms with E-state index in [2.05, 4.69) is 79.7 Å². The molecule has 3 saturated heterocycles. The quantitative estimate of drug-likeness (QED) is 0.0687. The van der Waals surface area contributed by atoms with Crippen molar-refractivity contribution < 1.29 is 37.1 Å². The van der Waals surface area contributed by atoms with E-state index in [-0.39, 0.29) is 57.9 Å². The lowest BCUT2D eigenvalue weighted by molar-refractivity contribution is -0.384. The number of carbonyl (C=O) groups excluding carboxylic acids is 1. The second-order valence-electron chi connectivity index (χ2n) is 20.9. The highest BCUT2D eigenvalue weighted by molar-refractivity contribution is 7.90. The number of anilines is 2. The number of likely N-dealkylation sites (N-methyl/N-ethyl adjacent to an activating group) is 1. The van der Waals surface area contributed by atoms with Gasteiger partial charge in [-0.25, -0.2) is 22.5 Å². The van der Waals surface area contributed by atoms with E-state index in [1.165, 1.54) is 41.7 Å². The number of aromatic amines is 1. The molecule has 2 aromatic heterocycles. The molecule has 1 spiro atoms. The molecule has 3 atom stereocenters. The van der Waals surface area contributed by atoms with Crippen LogP contribution < -0.4 is 24.4 Å². The van der Waals surface area contributed by atoms with Gasteiger partial charge in [-0.1, -0.05) is 45.0 Å². The molecule has 0 unspecified atom stereocenters. The minimum atomic E-state index is -4.72. The van der Waals surface area contributed by atoms with Crippen LogP contribution in [-0.2, 0) is 10.0 Å². The standard InChI is InChI=1S/C52H63FN8O8S/c1-5-58-19-14-44(41(28-58)38-9-7-6-8-37(38)32(2)3)60-30-52(31-60)17-20-59(21-18-52)34-10-11-39(46(22-34)69-35-23-40-42(53)27-55-49(40)54-26-35)50(62)57-70(66,67)36-24-45(61(64)65)48-47(25-36)68-29-43(56-48)33-12-15-51(4,63)16-13-33/h6-11,22-27,32-33,41,43-44,56,63H,5,12-21,28-31H2,1-4H3,(H,54,55)(H,57,62)/t33-,41-,43+,44-,51-/m0/s1. The summed E-state index contributed by atoms with van der Waals surface area (Å²) in [4.78, 5) is 39.9. The van der Waals surface area contributed by atoms with Crippen LogP contribution >= 0.6 is 0 Å². The SMILES string of the molecule is CCN1CC[C@H](N2CC3(CCN(c4ccc(C(=O)NS(=O)(=O)c5cc6c(c([N+](=O)[O-])c5)N[C@@H]([C@H]5CC[C@](C)(O)CC5)CO6)c(Oc5cnc6[nH]cc(F)c6c5)c4)CC3)C2)[C@H](c2ccccc2C(C)C)C1. The topological polar surface area (TPSA) is 195 Å². The highest BCUT2D eigenvalue weighted by Gasteiger charge is 2.49. The summed E-state index contributed by atoms with van der Waals surface area (Å²) in [7, 11) is -4.72. The fourth-order valence-corrected chi connectivity index (χ4v) is 12.8. The number of carbonyl (C=O) groups is 1. The van der Waals surface area contributed by atoms with Crippen LogP contribution in [-0.4, -0.2) is 114 Å². The minimum absolute atomic E-state index is 0.0164. The monoisotopic (exact) mass is 978 g/mol. The Morgan fingerprint density at radius 2 is 1.81 bits per heavy atom. The molecular formula is C52H63FN8O8S. The predicted molar refractivity (Wildman–Crippen MR) is 265 cm³/mol. The third-order valence-electron chi connectivity index (χ3n) is 16.0. The van der Waals surface area contributed by atoms with Crippen LogP contribution in [0.25, 0.3) is 11.0 Å². The number of ether oxygens (including phenoxy) is 2. The van der Waals surface area contributed by atoms with Gasteiger partial charge in [-0.2, -0.15) is 0 Å². The van der Waals surface area contributed by atoms with Gasteiger partial charge in [0.05, 0.1) is 38.6 Å². The molecule has 1 aliphatic carbocycles. The summed E-state index contributed by atoms with van der Waals surface area (Å²) in [6.07, 6.45) is 8.23. The molecule has 10 rings (SSSR count). The van der Waals surface area contributed by atoms with Crippen LogP contribution in [0.5, 0.6) is 17.2 Å². The van der Waals surface area contributed by atoms with Gasteiger partial charge in [0.25, 0.3) is 21.6 Å². The van der Waals surface area contributed by atoms with Gasteiger partial charge >= 0.3 is 0 Å². The summed E-state index contributed by atoms with van der Waals surface area (Å²) in [6, 6.07) is 17.7. The number of fused-ring (bicyclic) bond motifs is 2. The smallest absolute Gasteiger partial charge is 0.297 e. The van der Waals surface area contributed by atoms with E-state index in [9.17, 15) is 32.8 Å². The number of sulfonamides is 1. The predicted octanol–water partition coefficient (Wildman–Crippen LogP) is 8.54. The summed E-state index contributed by atoms with van der Waals surface area (Å²) in [5, 5.41) is 26.3. The zero-order valence-electron chi connectivity index (χ0n) is 40.2. The zero-order chi connectivity index (χ0) is 49.1. The Balaban J connectivity index is 0.864. The molecule has 0 radical (unpaired) electrons. The van der Waals surface area contributed by atoms with Gasteiger partial charge in [-0.3, -0.25) is 19.8 Å². The highest BCUT2D eigenvalue weighted by atomic mass is 32.2. The number of amides is 1. The van der Waals surface area contributed by atoms with Gasteiger partial charge in [0.2, 0.25) is 0 Å². The Labute approximate surface area is 408 Å². The minimum Gasteiger partial charge on any atom is -0.489 e. The molecule has 18 heteroatoms. The summed E-state index contributed by atoms with van der Waals surface area (Å²) in [6.45, 7) is 15.6. The molecule has 70 heavy (non-hydrogen) atoms. The molecular weight excluding hydrogens is 916 g/mol. The van der Waals surface area contributed by atoms with Gasteiger partial charge in [0, 0.05) is 74.8 Å². The van der Waals surface area contributed by atoms with Crippen LogP contribution in [0.2, 0.25) is 0 Å². The van der Waals surface area contributed by atoms with Crippen LogP contribution in [0.3, 0.4) is 0 Å². The lowest BCUT2D eigenvalue weighted by atomic mass is 9.69. The van der Waals surface area contributed by atoms with Crippen molar-refractivity contribution in [2.24, 2.45) is 11.3 Å². The molecule has 1 amide bonds. The molecule has 1 saturated carbocycles. The van der Waals surface area contributed by atoms with Crippen molar-refractivity contribution >= 4 is 44.0 Å². The summed E-state index contributed by atoms with van der Waals surface area (Å²) < 4.78 is 57.1. The second kappa shape index (κ2) is 18.7. The number of pyridine rings is 1. The van der Waals surface area contributed by atoms with E-state index < -0.39 is 42.9 Å². The first-order valence-corrected chi connectivity index (χ1v) is 26.2. The van der Waals surface area contributed by atoms with E-state index in [0.717, 1.165) is 76.8 Å². The molecule has 6 heterocycles. The van der Waals surface area contributed by atoms with Gasteiger partial charge in [0.15, 0.2) is 11.4 Å². The molecule has 372 valence electrons. The van der Waals surface area contributed by atoms with E-state index in [1.54, 1.807) is 19.1 Å². The van der Waals surface area contributed by atoms with Gasteiger partial charge in [0.1, 0.15) is 29.6 Å². The number of nitro groups is 1. The number of likely N-dealkylation sites (tertiary alicyclic amines) is 2. The number of rotatable bonds is 12. The van der Waals surface area contributed by atoms with Crippen molar-refractivity contribution in [3.8, 4) is 17.2 Å². The zero-order valence-corrected chi connectivity index (χ0v) is 41.1. The van der Waals surface area contributed by atoms with Crippen LogP contribution in [0, 0.1) is 27.3 Å². The fourth-order valence-electron chi connectivity index (χ4n) is 11.8. The van der Waals surface area contributed by atoms with E-state index >= 15 is 0 Å². The number of benzene rings is 3. The largest absolute Gasteiger partial charge is 0.489 e.